The lowest BCUT2D eigenvalue weighted by Gasteiger charge is -2.01. The van der Waals surface area contributed by atoms with E-state index in [1.54, 1.807) is 0 Å². The van der Waals surface area contributed by atoms with Gasteiger partial charge < -0.3 is 0 Å². The Morgan fingerprint density at radius 1 is 1.50 bits per heavy atom. The van der Waals surface area contributed by atoms with Crippen LogP contribution in [0.4, 0.5) is 0 Å². The summed E-state index contributed by atoms with van der Waals surface area (Å²) in [6, 6.07) is 8.64. The quantitative estimate of drug-likeness (QED) is 0.567. The van der Waals surface area contributed by atoms with E-state index in [2.05, 4.69) is 66.8 Å². The van der Waals surface area contributed by atoms with Crippen LogP contribution in [0, 0.1) is 3.57 Å². The average Bonchev–Trinajstić information content (AvgIpc) is 2.04. The minimum Gasteiger partial charge on any atom is -0.0884 e. The molecule has 0 amide bonds. The van der Waals surface area contributed by atoms with Gasteiger partial charge in [0.15, 0.2) is 0 Å². The Hall–Kier alpha value is -0.310. The normalized spacial score (nSPS) is 11.8. The van der Waals surface area contributed by atoms with E-state index in [4.69, 9.17) is 0 Å². The third-order valence-electron chi connectivity index (χ3n) is 1.86. The van der Waals surface area contributed by atoms with Crippen LogP contribution in [0.2, 0.25) is 0 Å². The van der Waals surface area contributed by atoms with Crippen LogP contribution in [-0.4, -0.2) is 0 Å². The third-order valence-corrected chi connectivity index (χ3v) is 2.54. The smallest absolute Gasteiger partial charge is 0.0133 e. The Balaban J connectivity index is 2.76. The van der Waals surface area contributed by atoms with E-state index >= 15 is 0 Å². The zero-order valence-corrected chi connectivity index (χ0v) is 9.63. The molecule has 12 heavy (non-hydrogen) atoms. The maximum Gasteiger partial charge on any atom is 0.0133 e. The predicted molar refractivity (Wildman–Crippen MR) is 62.3 cm³/mol. The molecule has 0 saturated heterocycles. The Morgan fingerprint density at radius 2 is 2.25 bits per heavy atom. The monoisotopic (exact) mass is 272 g/mol. The molecule has 0 N–H and O–H groups in total. The highest BCUT2D eigenvalue weighted by Crippen LogP contribution is 2.11. The van der Waals surface area contributed by atoms with E-state index in [0.29, 0.717) is 0 Å². The molecule has 0 heterocycles. The second-order valence-corrected chi connectivity index (χ2v) is 4.19. The highest BCUT2D eigenvalue weighted by atomic mass is 127. The average molecular weight is 272 g/mol. The molecule has 0 nitrogen and oxygen atoms in total. The van der Waals surface area contributed by atoms with Crippen molar-refractivity contribution in [2.75, 3.05) is 0 Å². The first-order valence-corrected chi connectivity index (χ1v) is 5.16. The fraction of sp³-hybridized carbons (Fsp3) is 0.273. The van der Waals surface area contributed by atoms with Crippen LogP contribution in [0.1, 0.15) is 19.4 Å². The first-order chi connectivity index (χ1) is 5.72. The largest absolute Gasteiger partial charge is 0.0884 e. The molecule has 64 valence electrons. The van der Waals surface area contributed by atoms with Crippen molar-refractivity contribution in [3.05, 3.63) is 45.0 Å². The van der Waals surface area contributed by atoms with Crippen molar-refractivity contribution in [2.24, 2.45) is 0 Å². The SMILES string of the molecule is C/C=C(\C)Cc1cccc(I)c1. The van der Waals surface area contributed by atoms with Gasteiger partial charge in [0.1, 0.15) is 0 Å². The summed E-state index contributed by atoms with van der Waals surface area (Å²) < 4.78 is 1.31. The van der Waals surface area contributed by atoms with Gasteiger partial charge in [0.25, 0.3) is 0 Å². The number of benzene rings is 1. The second kappa shape index (κ2) is 4.65. The van der Waals surface area contributed by atoms with E-state index in [1.807, 2.05) is 0 Å². The number of hydrogen-bond donors (Lipinski definition) is 0. The van der Waals surface area contributed by atoms with Crippen LogP contribution >= 0.6 is 22.6 Å². The maximum atomic E-state index is 2.34. The van der Waals surface area contributed by atoms with Crippen LogP contribution < -0.4 is 0 Å². The second-order valence-electron chi connectivity index (χ2n) is 2.94. The zero-order valence-electron chi connectivity index (χ0n) is 7.47. The number of hydrogen-bond acceptors (Lipinski definition) is 0. The standard InChI is InChI=1S/C11H13I/c1-3-9(2)7-10-5-4-6-11(12)8-10/h3-6,8H,7H2,1-2H3/b9-3+. The topological polar surface area (TPSA) is 0 Å². The van der Waals surface area contributed by atoms with Crippen molar-refractivity contribution in [3.63, 3.8) is 0 Å². The summed E-state index contributed by atoms with van der Waals surface area (Å²) in [5.74, 6) is 0. The first-order valence-electron chi connectivity index (χ1n) is 4.08. The van der Waals surface area contributed by atoms with Crippen molar-refractivity contribution < 1.29 is 0 Å². The number of allylic oxidation sites excluding steroid dienone is 2. The van der Waals surface area contributed by atoms with Crippen molar-refractivity contribution in [2.45, 2.75) is 20.3 Å². The molecule has 0 aliphatic heterocycles. The van der Waals surface area contributed by atoms with E-state index in [-0.39, 0.29) is 0 Å². The summed E-state index contributed by atoms with van der Waals surface area (Å²) in [6.45, 7) is 4.25. The summed E-state index contributed by atoms with van der Waals surface area (Å²) in [4.78, 5) is 0. The predicted octanol–water partition coefficient (Wildman–Crippen LogP) is 3.80. The van der Waals surface area contributed by atoms with Gasteiger partial charge in [-0.3, -0.25) is 0 Å². The van der Waals surface area contributed by atoms with Gasteiger partial charge in [0.05, 0.1) is 0 Å². The van der Waals surface area contributed by atoms with E-state index in [9.17, 15) is 0 Å². The highest BCUT2D eigenvalue weighted by molar-refractivity contribution is 14.1. The molecule has 0 bridgehead atoms. The highest BCUT2D eigenvalue weighted by Gasteiger charge is 1.93. The lowest BCUT2D eigenvalue weighted by atomic mass is 10.1. The maximum absolute atomic E-state index is 2.34. The van der Waals surface area contributed by atoms with E-state index in [0.717, 1.165) is 6.42 Å². The summed E-state index contributed by atoms with van der Waals surface area (Å²) >= 11 is 2.34. The summed E-state index contributed by atoms with van der Waals surface area (Å²) in [5, 5.41) is 0. The fourth-order valence-electron chi connectivity index (χ4n) is 1.07. The van der Waals surface area contributed by atoms with Gasteiger partial charge in [0.2, 0.25) is 0 Å². The minimum absolute atomic E-state index is 1.08. The molecule has 1 heteroatoms. The summed E-state index contributed by atoms with van der Waals surface area (Å²) in [6.07, 6.45) is 3.24. The molecule has 1 aromatic rings. The van der Waals surface area contributed by atoms with Gasteiger partial charge in [-0.2, -0.15) is 0 Å². The van der Waals surface area contributed by atoms with E-state index in [1.165, 1.54) is 14.7 Å². The van der Waals surface area contributed by atoms with Crippen molar-refractivity contribution in [1.82, 2.24) is 0 Å². The molecular formula is C11H13I. The van der Waals surface area contributed by atoms with Gasteiger partial charge in [-0.15, -0.1) is 0 Å². The van der Waals surface area contributed by atoms with Crippen LogP contribution in [-0.2, 0) is 6.42 Å². The molecule has 0 fully saturated rings. The first kappa shape index (κ1) is 9.78. The molecule has 0 unspecified atom stereocenters. The molecule has 0 aromatic heterocycles. The van der Waals surface area contributed by atoms with Gasteiger partial charge >= 0.3 is 0 Å². The molecular weight excluding hydrogens is 259 g/mol. The molecule has 0 aliphatic rings. The number of halogens is 1. The molecule has 0 atom stereocenters. The minimum atomic E-state index is 1.08. The van der Waals surface area contributed by atoms with E-state index < -0.39 is 0 Å². The van der Waals surface area contributed by atoms with Gasteiger partial charge in [-0.05, 0) is 60.6 Å². The summed E-state index contributed by atoms with van der Waals surface area (Å²) in [7, 11) is 0. The molecule has 0 aliphatic carbocycles. The van der Waals surface area contributed by atoms with Crippen LogP contribution in [0.5, 0.6) is 0 Å². The molecule has 0 spiro atoms. The third kappa shape index (κ3) is 2.97. The summed E-state index contributed by atoms with van der Waals surface area (Å²) in [5.41, 5.74) is 2.83. The molecule has 0 radical (unpaired) electrons. The molecule has 1 aromatic carbocycles. The van der Waals surface area contributed by atoms with Crippen molar-refractivity contribution >= 4 is 22.6 Å². The van der Waals surface area contributed by atoms with Gasteiger partial charge in [-0.1, -0.05) is 23.8 Å². The zero-order chi connectivity index (χ0) is 8.97. The lowest BCUT2D eigenvalue weighted by Crippen LogP contribution is -1.86. The lowest BCUT2D eigenvalue weighted by molar-refractivity contribution is 1.13. The Bertz CT molecular complexity index is 287. The molecule has 1 rings (SSSR count). The Morgan fingerprint density at radius 3 is 2.83 bits per heavy atom. The Labute approximate surface area is 87.8 Å². The Kier molecular flexibility index (Phi) is 3.79. The van der Waals surface area contributed by atoms with Crippen molar-refractivity contribution in [3.8, 4) is 0 Å². The van der Waals surface area contributed by atoms with Crippen LogP contribution in [0.25, 0.3) is 0 Å². The van der Waals surface area contributed by atoms with Gasteiger partial charge in [-0.25, -0.2) is 0 Å². The molecule has 0 saturated carbocycles. The fourth-order valence-corrected chi connectivity index (χ4v) is 1.68. The van der Waals surface area contributed by atoms with Crippen LogP contribution in [0.3, 0.4) is 0 Å². The van der Waals surface area contributed by atoms with Crippen LogP contribution in [0.15, 0.2) is 35.9 Å². The van der Waals surface area contributed by atoms with Gasteiger partial charge in [0, 0.05) is 3.57 Å². The van der Waals surface area contributed by atoms with Crippen molar-refractivity contribution in [1.29, 1.82) is 0 Å². The number of rotatable bonds is 2.